The SMILES string of the molecule is COc1ccc([C@H]2CCC[C@H](N)C2)cc1.Cl. The van der Waals surface area contributed by atoms with Crippen LogP contribution in [0, 0.1) is 0 Å². The quantitative estimate of drug-likeness (QED) is 0.864. The molecule has 16 heavy (non-hydrogen) atoms. The van der Waals surface area contributed by atoms with Gasteiger partial charge in [-0.05, 0) is 42.9 Å². The summed E-state index contributed by atoms with van der Waals surface area (Å²) in [6.07, 6.45) is 4.86. The summed E-state index contributed by atoms with van der Waals surface area (Å²) in [5.41, 5.74) is 7.40. The van der Waals surface area contributed by atoms with E-state index in [1.165, 1.54) is 24.8 Å². The lowest BCUT2D eigenvalue weighted by Gasteiger charge is -2.26. The first-order chi connectivity index (χ1) is 7.29. The Bertz CT molecular complexity index is 312. The van der Waals surface area contributed by atoms with Gasteiger partial charge < -0.3 is 10.5 Å². The Morgan fingerprint density at radius 1 is 1.19 bits per heavy atom. The maximum absolute atomic E-state index is 5.99. The minimum absolute atomic E-state index is 0. The maximum atomic E-state index is 5.99. The molecule has 0 amide bonds. The minimum Gasteiger partial charge on any atom is -0.497 e. The van der Waals surface area contributed by atoms with Crippen LogP contribution in [0.5, 0.6) is 5.75 Å². The number of hydrogen-bond donors (Lipinski definition) is 1. The van der Waals surface area contributed by atoms with Gasteiger partial charge in [0.1, 0.15) is 5.75 Å². The summed E-state index contributed by atoms with van der Waals surface area (Å²) >= 11 is 0. The van der Waals surface area contributed by atoms with Gasteiger partial charge in [-0.2, -0.15) is 0 Å². The first kappa shape index (κ1) is 13.3. The monoisotopic (exact) mass is 241 g/mol. The van der Waals surface area contributed by atoms with Gasteiger partial charge in [-0.1, -0.05) is 18.6 Å². The predicted molar refractivity (Wildman–Crippen MR) is 69.4 cm³/mol. The molecule has 2 N–H and O–H groups in total. The minimum atomic E-state index is 0. The van der Waals surface area contributed by atoms with Gasteiger partial charge >= 0.3 is 0 Å². The van der Waals surface area contributed by atoms with E-state index in [-0.39, 0.29) is 12.4 Å². The molecule has 0 aliphatic heterocycles. The van der Waals surface area contributed by atoms with E-state index in [9.17, 15) is 0 Å². The molecule has 1 aromatic carbocycles. The van der Waals surface area contributed by atoms with Crippen LogP contribution in [0.4, 0.5) is 0 Å². The molecule has 0 unspecified atom stereocenters. The molecule has 90 valence electrons. The molecule has 0 heterocycles. The molecule has 1 aromatic rings. The van der Waals surface area contributed by atoms with Gasteiger partial charge in [0, 0.05) is 6.04 Å². The van der Waals surface area contributed by atoms with Crippen molar-refractivity contribution in [1.29, 1.82) is 0 Å². The summed E-state index contributed by atoms with van der Waals surface area (Å²) < 4.78 is 5.15. The summed E-state index contributed by atoms with van der Waals surface area (Å²) in [7, 11) is 1.70. The highest BCUT2D eigenvalue weighted by Gasteiger charge is 2.20. The highest BCUT2D eigenvalue weighted by Crippen LogP contribution is 2.32. The number of ether oxygens (including phenoxy) is 1. The lowest BCUT2D eigenvalue weighted by Crippen LogP contribution is -2.26. The summed E-state index contributed by atoms with van der Waals surface area (Å²) in [5, 5.41) is 0. The Hall–Kier alpha value is -0.730. The van der Waals surface area contributed by atoms with Gasteiger partial charge in [0.2, 0.25) is 0 Å². The number of benzene rings is 1. The van der Waals surface area contributed by atoms with Crippen LogP contribution >= 0.6 is 12.4 Å². The van der Waals surface area contributed by atoms with Crippen molar-refractivity contribution in [3.63, 3.8) is 0 Å². The van der Waals surface area contributed by atoms with Crippen LogP contribution in [0.1, 0.15) is 37.2 Å². The van der Waals surface area contributed by atoms with Crippen LogP contribution in [0.25, 0.3) is 0 Å². The van der Waals surface area contributed by atoms with Crippen molar-refractivity contribution in [2.75, 3.05) is 7.11 Å². The highest BCUT2D eigenvalue weighted by atomic mass is 35.5. The van der Waals surface area contributed by atoms with E-state index in [0.29, 0.717) is 12.0 Å². The second-order valence-electron chi connectivity index (χ2n) is 4.40. The van der Waals surface area contributed by atoms with E-state index in [1.54, 1.807) is 7.11 Å². The second-order valence-corrected chi connectivity index (χ2v) is 4.40. The topological polar surface area (TPSA) is 35.2 Å². The van der Waals surface area contributed by atoms with Gasteiger partial charge in [-0.3, -0.25) is 0 Å². The van der Waals surface area contributed by atoms with Crippen LogP contribution in [-0.2, 0) is 0 Å². The number of hydrogen-bond acceptors (Lipinski definition) is 2. The summed E-state index contributed by atoms with van der Waals surface area (Å²) in [6, 6.07) is 8.81. The molecule has 2 rings (SSSR count). The van der Waals surface area contributed by atoms with Crippen LogP contribution < -0.4 is 10.5 Å². The first-order valence-corrected chi connectivity index (χ1v) is 5.69. The summed E-state index contributed by atoms with van der Waals surface area (Å²) in [6.45, 7) is 0. The Morgan fingerprint density at radius 3 is 2.44 bits per heavy atom. The second kappa shape index (κ2) is 6.12. The molecule has 0 spiro atoms. The van der Waals surface area contributed by atoms with Crippen molar-refractivity contribution in [1.82, 2.24) is 0 Å². The van der Waals surface area contributed by atoms with Crippen LogP contribution in [0.3, 0.4) is 0 Å². The van der Waals surface area contributed by atoms with E-state index in [2.05, 4.69) is 12.1 Å². The molecule has 3 heteroatoms. The Labute approximate surface area is 104 Å². The molecule has 1 aliphatic rings. The van der Waals surface area contributed by atoms with Crippen LogP contribution in [0.2, 0.25) is 0 Å². The Balaban J connectivity index is 0.00000128. The normalized spacial score (nSPS) is 24.6. The molecule has 0 radical (unpaired) electrons. The summed E-state index contributed by atoms with van der Waals surface area (Å²) in [4.78, 5) is 0. The zero-order valence-electron chi connectivity index (χ0n) is 9.69. The molecule has 0 aromatic heterocycles. The van der Waals surface area contributed by atoms with Crippen molar-refractivity contribution >= 4 is 12.4 Å². The van der Waals surface area contributed by atoms with Crippen molar-refractivity contribution in [3.05, 3.63) is 29.8 Å². The smallest absolute Gasteiger partial charge is 0.118 e. The fourth-order valence-electron chi connectivity index (χ4n) is 2.41. The zero-order valence-corrected chi connectivity index (χ0v) is 10.5. The molecule has 1 saturated carbocycles. The largest absolute Gasteiger partial charge is 0.497 e. The molecular weight excluding hydrogens is 222 g/mol. The molecule has 0 bridgehead atoms. The molecule has 1 fully saturated rings. The van der Waals surface area contributed by atoms with Crippen LogP contribution in [-0.4, -0.2) is 13.2 Å². The Morgan fingerprint density at radius 2 is 1.88 bits per heavy atom. The van der Waals surface area contributed by atoms with Gasteiger partial charge in [0.15, 0.2) is 0 Å². The zero-order chi connectivity index (χ0) is 10.7. The third kappa shape index (κ3) is 3.13. The third-order valence-corrected chi connectivity index (χ3v) is 3.30. The average molecular weight is 242 g/mol. The van der Waals surface area contributed by atoms with Gasteiger partial charge in [0.05, 0.1) is 7.11 Å². The maximum Gasteiger partial charge on any atom is 0.118 e. The van der Waals surface area contributed by atoms with Crippen molar-refractivity contribution in [2.24, 2.45) is 5.73 Å². The first-order valence-electron chi connectivity index (χ1n) is 5.69. The lowest BCUT2D eigenvalue weighted by atomic mass is 9.82. The van der Waals surface area contributed by atoms with Gasteiger partial charge in [-0.15, -0.1) is 12.4 Å². The highest BCUT2D eigenvalue weighted by molar-refractivity contribution is 5.85. The molecule has 2 nitrogen and oxygen atoms in total. The fraction of sp³-hybridized carbons (Fsp3) is 0.538. The van der Waals surface area contributed by atoms with Crippen molar-refractivity contribution < 1.29 is 4.74 Å². The molecular formula is C13H20ClNO. The lowest BCUT2D eigenvalue weighted by molar-refractivity contribution is 0.391. The predicted octanol–water partition coefficient (Wildman–Crippen LogP) is 3.10. The van der Waals surface area contributed by atoms with Crippen LogP contribution in [0.15, 0.2) is 24.3 Å². The van der Waals surface area contributed by atoms with Crippen molar-refractivity contribution in [3.8, 4) is 5.75 Å². The molecule has 2 atom stereocenters. The number of rotatable bonds is 2. The third-order valence-electron chi connectivity index (χ3n) is 3.30. The molecule has 0 saturated heterocycles. The van der Waals surface area contributed by atoms with Gasteiger partial charge in [-0.25, -0.2) is 0 Å². The van der Waals surface area contributed by atoms with Crippen molar-refractivity contribution in [2.45, 2.75) is 37.6 Å². The number of nitrogens with two attached hydrogens (primary N) is 1. The molecule has 1 aliphatic carbocycles. The fourth-order valence-corrected chi connectivity index (χ4v) is 2.41. The van der Waals surface area contributed by atoms with E-state index in [0.717, 1.165) is 12.2 Å². The van der Waals surface area contributed by atoms with E-state index < -0.39 is 0 Å². The van der Waals surface area contributed by atoms with Gasteiger partial charge in [0.25, 0.3) is 0 Å². The van der Waals surface area contributed by atoms with E-state index >= 15 is 0 Å². The summed E-state index contributed by atoms with van der Waals surface area (Å²) in [5.74, 6) is 1.58. The average Bonchev–Trinajstić information content (AvgIpc) is 2.29. The van der Waals surface area contributed by atoms with E-state index in [1.807, 2.05) is 12.1 Å². The number of halogens is 1. The standard InChI is InChI=1S/C13H19NO.ClH/c1-15-13-7-5-10(6-8-13)11-3-2-4-12(14)9-11;/h5-8,11-12H,2-4,9,14H2,1H3;1H/t11-,12-;/m0./s1. The van der Waals surface area contributed by atoms with E-state index in [4.69, 9.17) is 10.5 Å². The number of methoxy groups -OCH3 is 1. The Kier molecular flexibility index (Phi) is 5.10.